The molecule has 8 aromatic rings. The van der Waals surface area contributed by atoms with Crippen LogP contribution < -0.4 is 9.62 Å². The number of amides is 1. The molecule has 0 aliphatic heterocycles. The molecule has 3 aromatic heterocycles. The number of halogens is 3. The Morgan fingerprint density at radius 1 is 0.712 bits per heavy atom. The van der Waals surface area contributed by atoms with Crippen LogP contribution in [-0.2, 0) is 10.0 Å². The Hall–Kier alpha value is -6.41. The molecule has 0 saturated carbocycles. The van der Waals surface area contributed by atoms with Gasteiger partial charge in [0, 0.05) is 42.2 Å². The molecular weight excluding hydrogens is 698 g/mol. The average molecular weight is 723 g/mol. The second kappa shape index (κ2) is 12.1. The monoisotopic (exact) mass is 722 g/mol. The molecule has 0 aliphatic rings. The highest BCUT2D eigenvalue weighted by atomic mass is 32.2. The van der Waals surface area contributed by atoms with Crippen LogP contribution in [0.15, 0.2) is 104 Å². The molecule has 0 atom stereocenters. The summed E-state index contributed by atoms with van der Waals surface area (Å²) < 4.78 is 88.5. The minimum atomic E-state index is -3.85. The van der Waals surface area contributed by atoms with Gasteiger partial charge in [0.25, 0.3) is 5.91 Å². The maximum absolute atomic E-state index is 14.8. The van der Waals surface area contributed by atoms with Gasteiger partial charge in [-0.15, -0.1) is 0 Å². The first kappa shape index (κ1) is 32.8. The largest absolute Gasteiger partial charge is 0.455 e. The van der Waals surface area contributed by atoms with Crippen LogP contribution in [0.4, 0.5) is 18.9 Å². The van der Waals surface area contributed by atoms with Gasteiger partial charge in [0.05, 0.1) is 23.1 Å². The molecule has 0 saturated heterocycles. The maximum Gasteiger partial charge on any atom is 0.255 e. The number of furan rings is 1. The topological polar surface area (TPSA) is 132 Å². The van der Waals surface area contributed by atoms with E-state index in [-0.39, 0.29) is 62.1 Å². The number of oxazole rings is 2. The van der Waals surface area contributed by atoms with E-state index in [1.54, 1.807) is 36.4 Å². The predicted molar refractivity (Wildman–Crippen MR) is 190 cm³/mol. The summed E-state index contributed by atoms with van der Waals surface area (Å²) in [5.74, 6) is -2.04. The summed E-state index contributed by atoms with van der Waals surface area (Å²) in [6.07, 6.45) is 1.04. The van der Waals surface area contributed by atoms with E-state index in [4.69, 9.17) is 13.3 Å². The Morgan fingerprint density at radius 2 is 1.31 bits per heavy atom. The number of benzene rings is 5. The van der Waals surface area contributed by atoms with Crippen LogP contribution in [-0.4, -0.2) is 44.6 Å². The highest BCUT2D eigenvalue weighted by Crippen LogP contribution is 2.44. The number of para-hydroxylation sites is 2. The molecule has 1 amide bonds. The van der Waals surface area contributed by atoms with Crippen LogP contribution in [0.1, 0.15) is 10.4 Å². The molecule has 0 aliphatic carbocycles. The van der Waals surface area contributed by atoms with Crippen LogP contribution in [0, 0.1) is 17.5 Å². The Balaban J connectivity index is 1.42. The molecule has 3 heterocycles. The number of carbonyl (C=O) groups is 1. The zero-order valence-corrected chi connectivity index (χ0v) is 28.3. The van der Waals surface area contributed by atoms with E-state index in [1.807, 2.05) is 0 Å². The number of anilines is 1. The number of nitrogens with one attached hydrogen (secondary N) is 1. The molecule has 10 nitrogen and oxygen atoms in total. The summed E-state index contributed by atoms with van der Waals surface area (Å²) in [7, 11) is -1.03. The standard InChI is InChI=1S/C38H25F3N4O6S/c1-42-36(46)32-25-17-23(28(45(2)52(3,47)48)18-31(25)49-35(32)19-10-13-21(39)14-11-19)20-12-15-22(37-43-33-26(40)6-4-8-29(33)50-37)24(16-20)38-44-34-27(41)7-5-9-30(34)51-38/h4-18H,1-3H3,(H,42,46). The van der Waals surface area contributed by atoms with E-state index in [0.717, 1.165) is 10.6 Å². The summed E-state index contributed by atoms with van der Waals surface area (Å²) in [6.45, 7) is 0. The van der Waals surface area contributed by atoms with Gasteiger partial charge in [-0.05, 0) is 72.3 Å². The van der Waals surface area contributed by atoms with Crippen molar-refractivity contribution in [1.82, 2.24) is 15.3 Å². The van der Waals surface area contributed by atoms with E-state index in [9.17, 15) is 26.4 Å². The molecular formula is C38H25F3N4O6S. The zero-order chi connectivity index (χ0) is 36.5. The minimum Gasteiger partial charge on any atom is -0.455 e. The highest BCUT2D eigenvalue weighted by molar-refractivity contribution is 7.92. The molecule has 0 radical (unpaired) electrons. The van der Waals surface area contributed by atoms with Crippen molar-refractivity contribution in [3.8, 4) is 45.4 Å². The SMILES string of the molecule is CNC(=O)c1c(-c2ccc(F)cc2)oc2cc(N(C)S(C)(=O)=O)c(-c3ccc(-c4nc5c(F)cccc5o4)c(-c4nc5c(F)cccc5o4)c3)cc12. The molecule has 8 rings (SSSR count). The maximum atomic E-state index is 14.8. The van der Waals surface area contributed by atoms with Gasteiger partial charge in [-0.2, -0.15) is 0 Å². The van der Waals surface area contributed by atoms with Crippen LogP contribution in [0.3, 0.4) is 0 Å². The number of hydrogen-bond acceptors (Lipinski definition) is 8. The molecule has 0 spiro atoms. The average Bonchev–Trinajstić information content (AvgIpc) is 3.86. The first-order chi connectivity index (χ1) is 24.9. The number of carbonyl (C=O) groups excluding carboxylic acids is 1. The Morgan fingerprint density at radius 3 is 1.88 bits per heavy atom. The fourth-order valence-electron chi connectivity index (χ4n) is 6.09. The van der Waals surface area contributed by atoms with Crippen LogP contribution in [0.5, 0.6) is 0 Å². The van der Waals surface area contributed by atoms with Gasteiger partial charge in [-0.25, -0.2) is 31.6 Å². The molecule has 5 aromatic carbocycles. The van der Waals surface area contributed by atoms with E-state index >= 15 is 0 Å². The second-order valence-electron chi connectivity index (χ2n) is 12.0. The third-order valence-electron chi connectivity index (χ3n) is 8.73. The number of hydrogen-bond donors (Lipinski definition) is 1. The normalized spacial score (nSPS) is 11.9. The van der Waals surface area contributed by atoms with Gasteiger partial charge in [-0.1, -0.05) is 18.2 Å². The van der Waals surface area contributed by atoms with Crippen molar-refractivity contribution in [1.29, 1.82) is 0 Å². The summed E-state index contributed by atoms with van der Waals surface area (Å²) in [5, 5.41) is 2.95. The predicted octanol–water partition coefficient (Wildman–Crippen LogP) is 8.56. The summed E-state index contributed by atoms with van der Waals surface area (Å²) >= 11 is 0. The third-order valence-corrected chi connectivity index (χ3v) is 9.93. The lowest BCUT2D eigenvalue weighted by Gasteiger charge is -2.21. The van der Waals surface area contributed by atoms with Gasteiger partial charge >= 0.3 is 0 Å². The van der Waals surface area contributed by atoms with Gasteiger partial charge < -0.3 is 18.6 Å². The number of aromatic nitrogens is 2. The summed E-state index contributed by atoms with van der Waals surface area (Å²) in [6, 6.07) is 22.0. The number of sulfonamides is 1. The molecule has 260 valence electrons. The van der Waals surface area contributed by atoms with E-state index in [1.165, 1.54) is 68.7 Å². The molecule has 0 bridgehead atoms. The van der Waals surface area contributed by atoms with E-state index in [2.05, 4.69) is 15.3 Å². The van der Waals surface area contributed by atoms with Crippen molar-refractivity contribution in [2.45, 2.75) is 0 Å². The first-order valence-corrected chi connectivity index (χ1v) is 17.5. The summed E-state index contributed by atoms with van der Waals surface area (Å²) in [5.41, 5.74) is 2.59. The van der Waals surface area contributed by atoms with Gasteiger partial charge in [0.1, 0.15) is 28.2 Å². The lowest BCUT2D eigenvalue weighted by molar-refractivity contribution is 0.0964. The number of rotatable bonds is 7. The second-order valence-corrected chi connectivity index (χ2v) is 14.0. The minimum absolute atomic E-state index is 0.00250. The van der Waals surface area contributed by atoms with E-state index in [0.29, 0.717) is 27.6 Å². The number of fused-ring (bicyclic) bond motifs is 3. The van der Waals surface area contributed by atoms with Crippen molar-refractivity contribution >= 4 is 54.8 Å². The van der Waals surface area contributed by atoms with Gasteiger partial charge in [-0.3, -0.25) is 9.10 Å². The van der Waals surface area contributed by atoms with Crippen molar-refractivity contribution in [2.75, 3.05) is 24.7 Å². The molecule has 0 unspecified atom stereocenters. The fraction of sp³-hybridized carbons (Fsp3) is 0.0789. The molecule has 52 heavy (non-hydrogen) atoms. The van der Waals surface area contributed by atoms with Crippen molar-refractivity contribution in [3.63, 3.8) is 0 Å². The molecule has 0 fully saturated rings. The van der Waals surface area contributed by atoms with Crippen molar-refractivity contribution in [2.24, 2.45) is 0 Å². The van der Waals surface area contributed by atoms with Crippen LogP contribution in [0.25, 0.3) is 78.5 Å². The lowest BCUT2D eigenvalue weighted by Crippen LogP contribution is -2.25. The molecule has 14 heteroatoms. The molecule has 1 N–H and O–H groups in total. The smallest absolute Gasteiger partial charge is 0.255 e. The van der Waals surface area contributed by atoms with Crippen LogP contribution >= 0.6 is 0 Å². The van der Waals surface area contributed by atoms with Crippen molar-refractivity contribution in [3.05, 3.63) is 114 Å². The fourth-order valence-corrected chi connectivity index (χ4v) is 6.60. The lowest BCUT2D eigenvalue weighted by atomic mass is 9.95. The summed E-state index contributed by atoms with van der Waals surface area (Å²) in [4.78, 5) is 22.2. The van der Waals surface area contributed by atoms with E-state index < -0.39 is 33.4 Å². The first-order valence-electron chi connectivity index (χ1n) is 15.7. The Kier molecular flexibility index (Phi) is 7.64. The third kappa shape index (κ3) is 5.44. The highest BCUT2D eigenvalue weighted by Gasteiger charge is 2.27. The van der Waals surface area contributed by atoms with Crippen LogP contribution in [0.2, 0.25) is 0 Å². The Bertz CT molecular complexity index is 2840. The van der Waals surface area contributed by atoms with Gasteiger partial charge in [0.2, 0.25) is 21.8 Å². The quantitative estimate of drug-likeness (QED) is 0.173. The zero-order valence-electron chi connectivity index (χ0n) is 27.5. The Labute approximate surface area is 293 Å². The van der Waals surface area contributed by atoms with Gasteiger partial charge in [0.15, 0.2) is 22.8 Å². The number of nitrogens with zero attached hydrogens (tertiary/aromatic N) is 3. The van der Waals surface area contributed by atoms with Crippen molar-refractivity contribution < 1.29 is 39.6 Å².